The van der Waals surface area contributed by atoms with E-state index >= 15 is 0 Å². The molecule has 5 aromatic rings. The minimum atomic E-state index is 0.590. The normalized spacial score (nSPS) is 14.7. The smallest absolute Gasteiger partial charge is 0.158 e. The third kappa shape index (κ3) is 5.99. The summed E-state index contributed by atoms with van der Waals surface area (Å²) in [5, 5.41) is 22.7. The van der Waals surface area contributed by atoms with E-state index < -0.39 is 0 Å². The van der Waals surface area contributed by atoms with Crippen molar-refractivity contribution in [2.75, 3.05) is 38.0 Å². The van der Waals surface area contributed by atoms with Gasteiger partial charge in [0.1, 0.15) is 11.8 Å². The molecule has 0 bridgehead atoms. The van der Waals surface area contributed by atoms with E-state index in [-0.39, 0.29) is 0 Å². The molecule has 1 aliphatic rings. The molecule has 1 N–H and O–H groups in total. The number of nitriles is 1. The van der Waals surface area contributed by atoms with Gasteiger partial charge in [0.15, 0.2) is 5.82 Å². The van der Waals surface area contributed by atoms with Crippen LogP contribution < -0.4 is 5.32 Å². The first-order valence-corrected chi connectivity index (χ1v) is 14.2. The average Bonchev–Trinajstić information content (AvgIpc) is 3.50. The van der Waals surface area contributed by atoms with E-state index in [0.717, 1.165) is 84.8 Å². The van der Waals surface area contributed by atoms with E-state index in [2.05, 4.69) is 91.5 Å². The van der Waals surface area contributed by atoms with Gasteiger partial charge < -0.3 is 10.2 Å². The SMILES string of the molecule is C=C(C)c1cccc(Cn2ncc3cc(Nc4ncnn5ccc(CN6CCCN(CCC#N)CC6)c45)ccc32)c1. The van der Waals surface area contributed by atoms with Gasteiger partial charge in [-0.25, -0.2) is 9.50 Å². The van der Waals surface area contributed by atoms with Crippen molar-refractivity contribution in [2.24, 2.45) is 0 Å². The second-order valence-corrected chi connectivity index (χ2v) is 10.8. The molecule has 4 heterocycles. The highest BCUT2D eigenvalue weighted by molar-refractivity contribution is 5.85. The lowest BCUT2D eigenvalue weighted by molar-refractivity contribution is 0.255. The van der Waals surface area contributed by atoms with Crippen molar-refractivity contribution in [1.29, 1.82) is 5.26 Å². The molecular formula is C32H35N9. The van der Waals surface area contributed by atoms with Crippen LogP contribution in [0.1, 0.15) is 36.5 Å². The predicted molar refractivity (Wildman–Crippen MR) is 163 cm³/mol. The second-order valence-electron chi connectivity index (χ2n) is 10.8. The van der Waals surface area contributed by atoms with Crippen LogP contribution in [0.15, 0.2) is 73.8 Å². The topological polar surface area (TPSA) is 90.3 Å². The van der Waals surface area contributed by atoms with Crippen molar-refractivity contribution < 1.29 is 0 Å². The zero-order chi connectivity index (χ0) is 28.2. The van der Waals surface area contributed by atoms with Crippen molar-refractivity contribution in [3.05, 3.63) is 90.5 Å². The maximum atomic E-state index is 8.94. The fourth-order valence-corrected chi connectivity index (χ4v) is 5.63. The van der Waals surface area contributed by atoms with Crippen LogP contribution in [-0.2, 0) is 13.1 Å². The highest BCUT2D eigenvalue weighted by Gasteiger charge is 2.18. The summed E-state index contributed by atoms with van der Waals surface area (Å²) in [5.41, 5.74) is 7.63. The van der Waals surface area contributed by atoms with E-state index in [0.29, 0.717) is 13.0 Å². The molecule has 208 valence electrons. The van der Waals surface area contributed by atoms with E-state index in [9.17, 15) is 0 Å². The lowest BCUT2D eigenvalue weighted by Crippen LogP contribution is -2.31. The van der Waals surface area contributed by atoms with Gasteiger partial charge in [0, 0.05) is 49.9 Å². The number of rotatable bonds is 9. The van der Waals surface area contributed by atoms with E-state index in [4.69, 9.17) is 5.26 Å². The molecule has 0 unspecified atom stereocenters. The first-order chi connectivity index (χ1) is 20.1. The summed E-state index contributed by atoms with van der Waals surface area (Å²) in [6.07, 6.45) is 7.21. The summed E-state index contributed by atoms with van der Waals surface area (Å²) < 4.78 is 3.94. The summed E-state index contributed by atoms with van der Waals surface area (Å²) in [6, 6.07) is 19.2. The molecule has 0 aliphatic carbocycles. The van der Waals surface area contributed by atoms with Crippen LogP contribution in [0.25, 0.3) is 22.0 Å². The average molecular weight is 546 g/mol. The molecule has 2 aromatic carbocycles. The number of fused-ring (bicyclic) bond motifs is 2. The molecule has 9 nitrogen and oxygen atoms in total. The van der Waals surface area contributed by atoms with Gasteiger partial charge in [0.2, 0.25) is 0 Å². The zero-order valence-electron chi connectivity index (χ0n) is 23.5. The third-order valence-corrected chi connectivity index (χ3v) is 7.81. The number of hydrogen-bond acceptors (Lipinski definition) is 7. The minimum absolute atomic E-state index is 0.590. The molecule has 0 atom stereocenters. The molecular weight excluding hydrogens is 510 g/mol. The Morgan fingerprint density at radius 1 is 1.02 bits per heavy atom. The van der Waals surface area contributed by atoms with E-state index in [1.807, 2.05) is 28.5 Å². The molecule has 0 spiro atoms. The standard InChI is InChI=1S/C32H35N9/c1-24(2)26-7-3-6-25(18-26)21-41-30-9-8-29(19-28(30)20-35-41)37-32-31-27(10-15-40(31)36-23-34-32)22-39-14-5-13-38(16-17-39)12-4-11-33/h3,6-10,15,18-20,23H,1,4-5,12-14,16-17,21-22H2,2H3,(H,34,36,37). The molecule has 0 saturated carbocycles. The quantitative estimate of drug-likeness (QED) is 0.268. The predicted octanol–water partition coefficient (Wildman–Crippen LogP) is 5.33. The molecule has 3 aromatic heterocycles. The number of hydrogen-bond donors (Lipinski definition) is 1. The lowest BCUT2D eigenvalue weighted by atomic mass is 10.1. The zero-order valence-corrected chi connectivity index (χ0v) is 23.5. The van der Waals surface area contributed by atoms with E-state index in [1.54, 1.807) is 6.33 Å². The lowest BCUT2D eigenvalue weighted by Gasteiger charge is -2.21. The van der Waals surface area contributed by atoms with Crippen LogP contribution >= 0.6 is 0 Å². The van der Waals surface area contributed by atoms with Crippen LogP contribution in [0.3, 0.4) is 0 Å². The van der Waals surface area contributed by atoms with Gasteiger partial charge in [-0.05, 0) is 73.5 Å². The highest BCUT2D eigenvalue weighted by atomic mass is 15.3. The van der Waals surface area contributed by atoms with Gasteiger partial charge in [0.25, 0.3) is 0 Å². The summed E-state index contributed by atoms with van der Waals surface area (Å²) >= 11 is 0. The molecule has 9 heteroatoms. The Hall–Kier alpha value is -4.52. The van der Waals surface area contributed by atoms with Gasteiger partial charge in [-0.15, -0.1) is 0 Å². The van der Waals surface area contributed by atoms with Gasteiger partial charge in [0.05, 0.1) is 24.3 Å². The van der Waals surface area contributed by atoms with Crippen molar-refractivity contribution in [1.82, 2.24) is 34.2 Å². The van der Waals surface area contributed by atoms with Crippen molar-refractivity contribution >= 4 is 33.5 Å². The largest absolute Gasteiger partial charge is 0.338 e. The second kappa shape index (κ2) is 11.9. The number of benzene rings is 2. The van der Waals surface area contributed by atoms with Crippen LogP contribution in [0, 0.1) is 11.3 Å². The summed E-state index contributed by atoms with van der Waals surface area (Å²) in [5.74, 6) is 0.786. The maximum absolute atomic E-state index is 8.94. The number of nitrogens with zero attached hydrogens (tertiary/aromatic N) is 8. The number of allylic oxidation sites excluding steroid dienone is 1. The fraction of sp³-hybridized carbons (Fsp3) is 0.312. The monoisotopic (exact) mass is 545 g/mol. The fourth-order valence-electron chi connectivity index (χ4n) is 5.63. The first kappa shape index (κ1) is 26.7. The molecule has 1 aliphatic heterocycles. The summed E-state index contributed by atoms with van der Waals surface area (Å²) in [4.78, 5) is 9.52. The Morgan fingerprint density at radius 2 is 1.90 bits per heavy atom. The molecule has 1 fully saturated rings. The van der Waals surface area contributed by atoms with Crippen LogP contribution in [0.4, 0.5) is 11.5 Å². The Morgan fingerprint density at radius 3 is 2.78 bits per heavy atom. The number of nitrogens with one attached hydrogen (secondary N) is 1. The maximum Gasteiger partial charge on any atom is 0.158 e. The van der Waals surface area contributed by atoms with Gasteiger partial charge in [-0.3, -0.25) is 9.58 Å². The van der Waals surface area contributed by atoms with Gasteiger partial charge in [-0.2, -0.15) is 15.5 Å². The van der Waals surface area contributed by atoms with Crippen LogP contribution in [-0.4, -0.2) is 66.9 Å². The third-order valence-electron chi connectivity index (χ3n) is 7.81. The van der Waals surface area contributed by atoms with Gasteiger partial charge in [-0.1, -0.05) is 30.4 Å². The summed E-state index contributed by atoms with van der Waals surface area (Å²) in [6.45, 7) is 12.5. The number of aromatic nitrogens is 5. The Kier molecular flexibility index (Phi) is 7.76. The molecule has 0 radical (unpaired) electrons. The van der Waals surface area contributed by atoms with E-state index in [1.165, 1.54) is 11.1 Å². The van der Waals surface area contributed by atoms with Crippen molar-refractivity contribution in [3.8, 4) is 6.07 Å². The molecule has 41 heavy (non-hydrogen) atoms. The Labute approximate surface area is 240 Å². The van der Waals surface area contributed by atoms with Crippen molar-refractivity contribution in [2.45, 2.75) is 32.9 Å². The Balaban J connectivity index is 1.19. The van der Waals surface area contributed by atoms with Crippen LogP contribution in [0.5, 0.6) is 0 Å². The summed E-state index contributed by atoms with van der Waals surface area (Å²) in [7, 11) is 0. The molecule has 1 saturated heterocycles. The Bertz CT molecular complexity index is 1720. The van der Waals surface area contributed by atoms with Crippen molar-refractivity contribution in [3.63, 3.8) is 0 Å². The molecule has 6 rings (SSSR count). The van der Waals surface area contributed by atoms with Gasteiger partial charge >= 0.3 is 0 Å². The minimum Gasteiger partial charge on any atom is -0.338 e. The van der Waals surface area contributed by atoms with Crippen LogP contribution in [0.2, 0.25) is 0 Å². The number of anilines is 2. The first-order valence-electron chi connectivity index (χ1n) is 14.2. The molecule has 0 amide bonds. The highest BCUT2D eigenvalue weighted by Crippen LogP contribution is 2.27.